The van der Waals surface area contributed by atoms with Crippen molar-refractivity contribution in [1.82, 2.24) is 0 Å². The molecule has 0 radical (unpaired) electrons. The molecule has 0 aromatic carbocycles. The van der Waals surface area contributed by atoms with Crippen molar-refractivity contribution < 1.29 is 18.9 Å². The van der Waals surface area contributed by atoms with Crippen molar-refractivity contribution in [3.63, 3.8) is 0 Å². The van der Waals surface area contributed by atoms with Crippen LogP contribution in [0.2, 0.25) is 0 Å². The van der Waals surface area contributed by atoms with E-state index in [9.17, 15) is 0 Å². The van der Waals surface area contributed by atoms with Gasteiger partial charge in [0.05, 0.1) is 13.2 Å². The summed E-state index contributed by atoms with van der Waals surface area (Å²) in [5.74, 6) is 0. The van der Waals surface area contributed by atoms with Crippen LogP contribution in [-0.2, 0) is 18.9 Å². The molecular weight excluding hydrogens is 232 g/mol. The third-order valence-electron chi connectivity index (χ3n) is 2.46. The van der Waals surface area contributed by atoms with Gasteiger partial charge in [0.25, 0.3) is 0 Å². The molecule has 1 aliphatic rings. The Bertz CT molecular complexity index is 193. The summed E-state index contributed by atoms with van der Waals surface area (Å²) in [4.78, 5) is 0. The molecule has 1 saturated heterocycles. The third-order valence-corrected chi connectivity index (χ3v) is 2.46. The maximum atomic E-state index is 5.30. The van der Waals surface area contributed by atoms with Gasteiger partial charge in [0.2, 0.25) is 0 Å². The second kappa shape index (κ2) is 7.43. The van der Waals surface area contributed by atoms with E-state index in [1.54, 1.807) is 14.2 Å². The topological polar surface area (TPSA) is 36.9 Å². The van der Waals surface area contributed by atoms with E-state index in [-0.39, 0.29) is 23.4 Å². The zero-order valence-corrected chi connectivity index (χ0v) is 13.2. The van der Waals surface area contributed by atoms with Crippen molar-refractivity contribution in [3.8, 4) is 0 Å². The Morgan fingerprint density at radius 1 is 0.889 bits per heavy atom. The number of hydrogen-bond donors (Lipinski definition) is 0. The summed E-state index contributed by atoms with van der Waals surface area (Å²) in [5, 5.41) is 0. The van der Waals surface area contributed by atoms with E-state index in [2.05, 4.69) is 41.5 Å². The molecule has 0 bridgehead atoms. The second-order valence-electron chi connectivity index (χ2n) is 6.61. The van der Waals surface area contributed by atoms with Gasteiger partial charge in [0, 0.05) is 25.0 Å². The lowest BCUT2D eigenvalue weighted by molar-refractivity contribution is -0.161. The lowest BCUT2D eigenvalue weighted by Crippen LogP contribution is -2.29. The maximum absolute atomic E-state index is 5.30. The molecule has 110 valence electrons. The summed E-state index contributed by atoms with van der Waals surface area (Å²) >= 11 is 0. The largest absolute Gasteiger partial charge is 0.355 e. The van der Waals surface area contributed by atoms with E-state index in [0.717, 1.165) is 13.2 Å². The smallest absolute Gasteiger partial charge is 0.162 e. The highest BCUT2D eigenvalue weighted by Crippen LogP contribution is 2.25. The molecule has 0 amide bonds. The van der Waals surface area contributed by atoms with E-state index in [1.807, 2.05) is 0 Å². The average Bonchev–Trinajstić information content (AvgIpc) is 2.69. The highest BCUT2D eigenvalue weighted by atomic mass is 16.7. The third kappa shape index (κ3) is 6.69. The van der Waals surface area contributed by atoms with E-state index in [0.29, 0.717) is 0 Å². The second-order valence-corrected chi connectivity index (χ2v) is 6.61. The van der Waals surface area contributed by atoms with Gasteiger partial charge in [-0.3, -0.25) is 0 Å². The van der Waals surface area contributed by atoms with Gasteiger partial charge in [-0.05, 0) is 0 Å². The monoisotopic (exact) mass is 262 g/mol. The SMILES string of the molecule is CC(C)(C)C1OCCO1.COC(OC)C(C)(C)C. The fourth-order valence-corrected chi connectivity index (χ4v) is 1.66. The molecule has 0 aromatic heterocycles. The molecule has 0 spiro atoms. The van der Waals surface area contributed by atoms with Crippen LogP contribution in [0.4, 0.5) is 0 Å². The summed E-state index contributed by atoms with van der Waals surface area (Å²) in [6, 6.07) is 0. The van der Waals surface area contributed by atoms with Gasteiger partial charge in [-0.2, -0.15) is 0 Å². The van der Waals surface area contributed by atoms with Crippen molar-refractivity contribution in [2.75, 3.05) is 27.4 Å². The first kappa shape index (κ1) is 17.8. The summed E-state index contributed by atoms with van der Waals surface area (Å²) < 4.78 is 20.7. The van der Waals surface area contributed by atoms with Crippen LogP contribution in [0.15, 0.2) is 0 Å². The zero-order chi connectivity index (χ0) is 14.4. The van der Waals surface area contributed by atoms with Crippen LogP contribution >= 0.6 is 0 Å². The first-order valence-electron chi connectivity index (χ1n) is 6.41. The van der Waals surface area contributed by atoms with E-state index in [1.165, 1.54) is 0 Å². The van der Waals surface area contributed by atoms with Gasteiger partial charge in [0.15, 0.2) is 12.6 Å². The van der Waals surface area contributed by atoms with Crippen LogP contribution in [0.5, 0.6) is 0 Å². The molecule has 0 N–H and O–H groups in total. The molecule has 0 aliphatic carbocycles. The normalized spacial score (nSPS) is 17.8. The number of hydrogen-bond acceptors (Lipinski definition) is 4. The molecule has 1 heterocycles. The van der Waals surface area contributed by atoms with Gasteiger partial charge in [0.1, 0.15) is 0 Å². The van der Waals surface area contributed by atoms with Crippen LogP contribution in [-0.4, -0.2) is 40.0 Å². The molecular formula is C14H30O4. The Hall–Kier alpha value is -0.160. The minimum atomic E-state index is -0.0995. The predicted molar refractivity (Wildman–Crippen MR) is 72.4 cm³/mol. The molecule has 1 fully saturated rings. The van der Waals surface area contributed by atoms with Gasteiger partial charge < -0.3 is 18.9 Å². The standard InChI is InChI=1S/C7H14O2.C7H16O2/c1-7(2,3)6-8-4-5-9-6;1-7(2,3)6(8-4)9-5/h6H,4-5H2,1-3H3;6H,1-5H3. The molecule has 0 aromatic rings. The number of ether oxygens (including phenoxy) is 4. The fraction of sp³-hybridized carbons (Fsp3) is 1.00. The zero-order valence-electron chi connectivity index (χ0n) is 13.2. The molecule has 1 aliphatic heterocycles. The Balaban J connectivity index is 0.000000321. The first-order valence-corrected chi connectivity index (χ1v) is 6.41. The number of methoxy groups -OCH3 is 2. The molecule has 4 nitrogen and oxygen atoms in total. The summed E-state index contributed by atoms with van der Waals surface area (Å²) in [5.41, 5.74) is 0.208. The van der Waals surface area contributed by atoms with Crippen molar-refractivity contribution in [1.29, 1.82) is 0 Å². The van der Waals surface area contributed by atoms with Crippen molar-refractivity contribution in [2.45, 2.75) is 54.1 Å². The Kier molecular flexibility index (Phi) is 7.37. The Labute approximate surface area is 112 Å². The first-order chi connectivity index (χ1) is 8.12. The summed E-state index contributed by atoms with van der Waals surface area (Å²) in [6.45, 7) is 14.1. The molecule has 1 rings (SSSR count). The minimum absolute atomic E-state index is 0.0116. The Morgan fingerprint density at radius 2 is 1.28 bits per heavy atom. The molecule has 4 heteroatoms. The van der Waals surface area contributed by atoms with Gasteiger partial charge in [-0.15, -0.1) is 0 Å². The van der Waals surface area contributed by atoms with E-state index < -0.39 is 0 Å². The molecule has 0 atom stereocenters. The van der Waals surface area contributed by atoms with Crippen LogP contribution in [0.1, 0.15) is 41.5 Å². The highest BCUT2D eigenvalue weighted by Gasteiger charge is 2.29. The van der Waals surface area contributed by atoms with Gasteiger partial charge in [-0.25, -0.2) is 0 Å². The quantitative estimate of drug-likeness (QED) is 0.717. The van der Waals surface area contributed by atoms with E-state index >= 15 is 0 Å². The van der Waals surface area contributed by atoms with Crippen LogP contribution in [0.25, 0.3) is 0 Å². The molecule has 0 unspecified atom stereocenters. The minimum Gasteiger partial charge on any atom is -0.355 e. The van der Waals surface area contributed by atoms with Crippen molar-refractivity contribution >= 4 is 0 Å². The van der Waals surface area contributed by atoms with Crippen LogP contribution < -0.4 is 0 Å². The van der Waals surface area contributed by atoms with Crippen LogP contribution in [0.3, 0.4) is 0 Å². The van der Waals surface area contributed by atoms with Crippen LogP contribution in [0, 0.1) is 10.8 Å². The average molecular weight is 262 g/mol. The summed E-state index contributed by atoms with van der Waals surface area (Å²) in [7, 11) is 3.30. The number of rotatable bonds is 2. The summed E-state index contributed by atoms with van der Waals surface area (Å²) in [6.07, 6.45) is -0.0880. The maximum Gasteiger partial charge on any atom is 0.162 e. The van der Waals surface area contributed by atoms with Gasteiger partial charge >= 0.3 is 0 Å². The molecule has 18 heavy (non-hydrogen) atoms. The van der Waals surface area contributed by atoms with Crippen molar-refractivity contribution in [3.05, 3.63) is 0 Å². The Morgan fingerprint density at radius 3 is 1.39 bits per heavy atom. The highest BCUT2D eigenvalue weighted by molar-refractivity contribution is 4.68. The van der Waals surface area contributed by atoms with E-state index in [4.69, 9.17) is 18.9 Å². The predicted octanol–water partition coefficient (Wildman–Crippen LogP) is 3.06. The van der Waals surface area contributed by atoms with Crippen molar-refractivity contribution in [2.24, 2.45) is 10.8 Å². The van der Waals surface area contributed by atoms with Gasteiger partial charge in [-0.1, -0.05) is 41.5 Å². The lowest BCUT2D eigenvalue weighted by atomic mass is 9.96. The lowest BCUT2D eigenvalue weighted by Gasteiger charge is -2.27. The molecule has 0 saturated carbocycles. The fourth-order valence-electron chi connectivity index (χ4n) is 1.66.